The van der Waals surface area contributed by atoms with E-state index in [0.29, 0.717) is 6.10 Å². The van der Waals surface area contributed by atoms with Gasteiger partial charge in [0.25, 0.3) is 0 Å². The van der Waals surface area contributed by atoms with Crippen molar-refractivity contribution in [2.45, 2.75) is 44.6 Å². The Morgan fingerprint density at radius 3 is 2.67 bits per heavy atom. The zero-order chi connectivity index (χ0) is 12.6. The fourth-order valence-corrected chi connectivity index (χ4v) is 2.62. The Labute approximate surface area is 115 Å². The van der Waals surface area contributed by atoms with E-state index in [1.807, 2.05) is 24.3 Å². The smallest absolute Gasteiger partial charge is 0.0642 e. The maximum absolute atomic E-state index is 5.93. The van der Waals surface area contributed by atoms with E-state index in [2.05, 4.69) is 5.32 Å². The summed E-state index contributed by atoms with van der Waals surface area (Å²) in [4.78, 5) is 0. The third-order valence-electron chi connectivity index (χ3n) is 3.41. The molecule has 1 aromatic carbocycles. The van der Waals surface area contributed by atoms with Crippen LogP contribution in [0.1, 0.15) is 38.5 Å². The zero-order valence-corrected chi connectivity index (χ0v) is 11.6. The van der Waals surface area contributed by atoms with Gasteiger partial charge in [0.15, 0.2) is 0 Å². The second-order valence-electron chi connectivity index (χ2n) is 4.92. The van der Waals surface area contributed by atoms with Crippen molar-refractivity contribution in [2.24, 2.45) is 0 Å². The normalized spacial score (nSPS) is 17.4. The summed E-state index contributed by atoms with van der Waals surface area (Å²) in [6.07, 6.45) is 8.35. The SMILES string of the molecule is Clc1cccc(NCCOC2CCCCCC2)c1. The van der Waals surface area contributed by atoms with Crippen molar-refractivity contribution in [1.29, 1.82) is 0 Å². The molecule has 100 valence electrons. The number of nitrogens with one attached hydrogen (secondary N) is 1. The van der Waals surface area contributed by atoms with Gasteiger partial charge in [-0.2, -0.15) is 0 Å². The molecule has 0 saturated heterocycles. The van der Waals surface area contributed by atoms with Gasteiger partial charge >= 0.3 is 0 Å². The van der Waals surface area contributed by atoms with Crippen LogP contribution in [0, 0.1) is 0 Å². The summed E-state index contributed by atoms with van der Waals surface area (Å²) < 4.78 is 5.92. The third kappa shape index (κ3) is 4.87. The van der Waals surface area contributed by atoms with E-state index in [1.165, 1.54) is 38.5 Å². The summed E-state index contributed by atoms with van der Waals surface area (Å²) in [5.74, 6) is 0. The minimum absolute atomic E-state index is 0.480. The van der Waals surface area contributed by atoms with E-state index in [-0.39, 0.29) is 0 Å². The fraction of sp³-hybridized carbons (Fsp3) is 0.600. The van der Waals surface area contributed by atoms with E-state index < -0.39 is 0 Å². The van der Waals surface area contributed by atoms with E-state index in [1.54, 1.807) is 0 Å². The summed E-state index contributed by atoms with van der Waals surface area (Å²) in [5, 5.41) is 4.10. The number of ether oxygens (including phenoxy) is 1. The standard InChI is InChI=1S/C15H22ClNO/c16-13-6-5-7-14(12-13)17-10-11-18-15-8-3-1-2-4-9-15/h5-7,12,15,17H,1-4,8-11H2. The maximum Gasteiger partial charge on any atom is 0.0642 e. The number of halogens is 1. The van der Waals surface area contributed by atoms with E-state index in [9.17, 15) is 0 Å². The Balaban J connectivity index is 1.63. The first-order chi connectivity index (χ1) is 8.84. The molecule has 0 aliphatic heterocycles. The van der Waals surface area contributed by atoms with Crippen LogP contribution >= 0.6 is 11.6 Å². The quantitative estimate of drug-likeness (QED) is 0.627. The molecule has 0 spiro atoms. The van der Waals surface area contributed by atoms with Crippen LogP contribution in [-0.2, 0) is 4.74 Å². The molecule has 0 radical (unpaired) electrons. The summed E-state index contributed by atoms with van der Waals surface area (Å²) in [6, 6.07) is 7.80. The molecule has 1 fully saturated rings. The van der Waals surface area contributed by atoms with Crippen LogP contribution in [0.3, 0.4) is 0 Å². The summed E-state index contributed by atoms with van der Waals surface area (Å²) in [5.41, 5.74) is 1.06. The van der Waals surface area contributed by atoms with Crippen molar-refractivity contribution in [3.05, 3.63) is 29.3 Å². The first-order valence-electron chi connectivity index (χ1n) is 6.95. The first-order valence-corrected chi connectivity index (χ1v) is 7.33. The van der Waals surface area contributed by atoms with Crippen LogP contribution in [0.5, 0.6) is 0 Å². The summed E-state index contributed by atoms with van der Waals surface area (Å²) in [6.45, 7) is 1.62. The molecular formula is C15H22ClNO. The molecule has 0 heterocycles. The van der Waals surface area contributed by atoms with Gasteiger partial charge < -0.3 is 10.1 Å². The molecule has 0 unspecified atom stereocenters. The molecule has 1 saturated carbocycles. The predicted molar refractivity (Wildman–Crippen MR) is 77.4 cm³/mol. The lowest BCUT2D eigenvalue weighted by Gasteiger charge is -2.15. The molecule has 1 N–H and O–H groups in total. The first kappa shape index (κ1) is 13.7. The average molecular weight is 268 g/mol. The van der Waals surface area contributed by atoms with E-state index in [0.717, 1.165) is 23.9 Å². The highest BCUT2D eigenvalue weighted by molar-refractivity contribution is 6.30. The van der Waals surface area contributed by atoms with Gasteiger partial charge in [-0.3, -0.25) is 0 Å². The van der Waals surface area contributed by atoms with E-state index in [4.69, 9.17) is 16.3 Å². The minimum atomic E-state index is 0.480. The van der Waals surface area contributed by atoms with Crippen LogP contribution in [-0.4, -0.2) is 19.3 Å². The van der Waals surface area contributed by atoms with Crippen molar-refractivity contribution in [3.8, 4) is 0 Å². The van der Waals surface area contributed by atoms with Gasteiger partial charge in [-0.25, -0.2) is 0 Å². The predicted octanol–water partition coefficient (Wildman–Crippen LogP) is 4.49. The maximum atomic E-state index is 5.93. The third-order valence-corrected chi connectivity index (χ3v) is 3.65. The second kappa shape index (κ2) is 7.65. The zero-order valence-electron chi connectivity index (χ0n) is 10.8. The largest absolute Gasteiger partial charge is 0.383 e. The number of benzene rings is 1. The summed E-state index contributed by atoms with van der Waals surface area (Å²) >= 11 is 5.93. The van der Waals surface area contributed by atoms with Gasteiger partial charge in [0.05, 0.1) is 12.7 Å². The highest BCUT2D eigenvalue weighted by Crippen LogP contribution is 2.19. The molecule has 0 amide bonds. The lowest BCUT2D eigenvalue weighted by molar-refractivity contribution is 0.0501. The van der Waals surface area contributed by atoms with Gasteiger partial charge in [0.1, 0.15) is 0 Å². The Hall–Kier alpha value is -0.730. The Bertz CT molecular complexity index is 348. The molecular weight excluding hydrogens is 246 g/mol. The van der Waals surface area contributed by atoms with E-state index >= 15 is 0 Å². The van der Waals surface area contributed by atoms with Crippen molar-refractivity contribution in [1.82, 2.24) is 0 Å². The molecule has 0 bridgehead atoms. The van der Waals surface area contributed by atoms with Crippen LogP contribution in [0.4, 0.5) is 5.69 Å². The van der Waals surface area contributed by atoms with Crippen molar-refractivity contribution in [2.75, 3.05) is 18.5 Å². The highest BCUT2D eigenvalue weighted by atomic mass is 35.5. The van der Waals surface area contributed by atoms with Crippen LogP contribution in [0.15, 0.2) is 24.3 Å². The van der Waals surface area contributed by atoms with Crippen molar-refractivity contribution < 1.29 is 4.74 Å². The Kier molecular flexibility index (Phi) is 5.82. The molecule has 2 nitrogen and oxygen atoms in total. The summed E-state index contributed by atoms with van der Waals surface area (Å²) in [7, 11) is 0. The molecule has 18 heavy (non-hydrogen) atoms. The molecule has 0 aromatic heterocycles. The molecule has 1 aliphatic carbocycles. The lowest BCUT2D eigenvalue weighted by atomic mass is 10.1. The Morgan fingerprint density at radius 2 is 1.94 bits per heavy atom. The van der Waals surface area contributed by atoms with Gasteiger partial charge in [-0.05, 0) is 31.0 Å². The Morgan fingerprint density at radius 1 is 1.17 bits per heavy atom. The average Bonchev–Trinajstić information content (AvgIpc) is 2.63. The molecule has 1 aliphatic rings. The van der Waals surface area contributed by atoms with Crippen LogP contribution < -0.4 is 5.32 Å². The highest BCUT2D eigenvalue weighted by Gasteiger charge is 2.11. The molecule has 1 aromatic rings. The second-order valence-corrected chi connectivity index (χ2v) is 5.36. The van der Waals surface area contributed by atoms with Gasteiger partial charge in [-0.1, -0.05) is 43.4 Å². The molecule has 2 rings (SSSR count). The van der Waals surface area contributed by atoms with Gasteiger partial charge in [-0.15, -0.1) is 0 Å². The van der Waals surface area contributed by atoms with Crippen LogP contribution in [0.2, 0.25) is 5.02 Å². The lowest BCUT2D eigenvalue weighted by Crippen LogP contribution is -2.17. The minimum Gasteiger partial charge on any atom is -0.383 e. The van der Waals surface area contributed by atoms with Crippen molar-refractivity contribution >= 4 is 17.3 Å². The number of rotatable bonds is 5. The molecule has 0 atom stereocenters. The number of anilines is 1. The topological polar surface area (TPSA) is 21.3 Å². The molecule has 3 heteroatoms. The van der Waals surface area contributed by atoms with Crippen LogP contribution in [0.25, 0.3) is 0 Å². The monoisotopic (exact) mass is 267 g/mol. The van der Waals surface area contributed by atoms with Gasteiger partial charge in [0.2, 0.25) is 0 Å². The fourth-order valence-electron chi connectivity index (χ4n) is 2.43. The number of hydrogen-bond acceptors (Lipinski definition) is 2. The number of hydrogen-bond donors (Lipinski definition) is 1. The van der Waals surface area contributed by atoms with Gasteiger partial charge in [0, 0.05) is 17.3 Å². The van der Waals surface area contributed by atoms with Crippen molar-refractivity contribution in [3.63, 3.8) is 0 Å².